The average molecular weight is 268 g/mol. The van der Waals surface area contributed by atoms with Gasteiger partial charge in [-0.15, -0.1) is 0 Å². The van der Waals surface area contributed by atoms with Crippen LogP contribution in [0.25, 0.3) is 0 Å². The van der Waals surface area contributed by atoms with Crippen molar-refractivity contribution in [3.63, 3.8) is 0 Å². The Kier molecular flexibility index (Phi) is 4.85. The van der Waals surface area contributed by atoms with Gasteiger partial charge in [0.05, 0.1) is 6.54 Å². The number of hydrogen-bond donors (Lipinski definition) is 1. The van der Waals surface area contributed by atoms with E-state index in [4.69, 9.17) is 0 Å². The summed E-state index contributed by atoms with van der Waals surface area (Å²) in [5.41, 5.74) is 0.789. The Morgan fingerprint density at radius 1 is 1.32 bits per heavy atom. The van der Waals surface area contributed by atoms with Crippen LogP contribution in [0.1, 0.15) is 30.4 Å². The van der Waals surface area contributed by atoms with Crippen LogP contribution in [0.2, 0.25) is 0 Å². The molecule has 0 bridgehead atoms. The summed E-state index contributed by atoms with van der Waals surface area (Å²) in [5, 5.41) is 3.01. The minimum Gasteiger partial charge on any atom is -0.342 e. The Labute approximate surface area is 111 Å². The van der Waals surface area contributed by atoms with Crippen LogP contribution < -0.4 is 5.32 Å². The molecule has 1 saturated heterocycles. The molecule has 1 N–H and O–H groups in total. The predicted molar refractivity (Wildman–Crippen MR) is 68.9 cm³/mol. The summed E-state index contributed by atoms with van der Waals surface area (Å²) in [7, 11) is 0. The molecule has 3 nitrogen and oxygen atoms in total. The maximum absolute atomic E-state index is 12.5. The van der Waals surface area contributed by atoms with Gasteiger partial charge in [-0.25, -0.2) is 8.78 Å². The fraction of sp³-hybridized carbons (Fsp3) is 0.500. The normalized spacial score (nSPS) is 15.2. The highest BCUT2D eigenvalue weighted by molar-refractivity contribution is 5.78. The molecular formula is C14H18F2N2O. The van der Waals surface area contributed by atoms with E-state index >= 15 is 0 Å². The first-order chi connectivity index (χ1) is 9.16. The molecule has 2 rings (SSSR count). The minimum absolute atomic E-state index is 0.0187. The summed E-state index contributed by atoms with van der Waals surface area (Å²) in [5.74, 6) is 0.0857. The van der Waals surface area contributed by atoms with Gasteiger partial charge in [0.1, 0.15) is 0 Å². The van der Waals surface area contributed by atoms with E-state index in [1.54, 1.807) is 12.1 Å². The van der Waals surface area contributed by atoms with Gasteiger partial charge in [-0.2, -0.15) is 0 Å². The number of nitrogens with one attached hydrogen (secondary N) is 1. The zero-order chi connectivity index (χ0) is 13.7. The van der Waals surface area contributed by atoms with Crippen molar-refractivity contribution in [2.75, 3.05) is 19.6 Å². The molecule has 1 aliphatic heterocycles. The lowest BCUT2D eigenvalue weighted by Crippen LogP contribution is -2.35. The minimum atomic E-state index is -2.45. The molecule has 0 radical (unpaired) electrons. The summed E-state index contributed by atoms with van der Waals surface area (Å²) in [4.78, 5) is 13.6. The lowest BCUT2D eigenvalue weighted by Gasteiger charge is -2.15. The van der Waals surface area contributed by atoms with Gasteiger partial charge < -0.3 is 10.2 Å². The van der Waals surface area contributed by atoms with Gasteiger partial charge in [0.15, 0.2) is 0 Å². The first-order valence-electron chi connectivity index (χ1n) is 6.52. The van der Waals surface area contributed by atoms with Crippen LogP contribution >= 0.6 is 0 Å². The Morgan fingerprint density at radius 2 is 2.05 bits per heavy atom. The number of hydrogen-bond acceptors (Lipinski definition) is 2. The number of carbonyl (C=O) groups excluding carboxylic acids is 1. The molecule has 5 heteroatoms. The summed E-state index contributed by atoms with van der Waals surface area (Å²) in [6.45, 7) is 2.36. The molecule has 1 aromatic rings. The predicted octanol–water partition coefficient (Wildman–Crippen LogP) is 2.34. The van der Waals surface area contributed by atoms with Crippen LogP contribution in [0.5, 0.6) is 0 Å². The van der Waals surface area contributed by atoms with Crippen molar-refractivity contribution in [1.82, 2.24) is 10.2 Å². The molecule has 0 saturated carbocycles. The van der Waals surface area contributed by atoms with Crippen molar-refractivity contribution in [3.8, 4) is 0 Å². The van der Waals surface area contributed by atoms with Gasteiger partial charge in [0, 0.05) is 25.2 Å². The van der Waals surface area contributed by atoms with E-state index in [1.807, 2.05) is 4.90 Å². The van der Waals surface area contributed by atoms with E-state index in [9.17, 15) is 13.6 Å². The molecule has 0 spiro atoms. The monoisotopic (exact) mass is 268 g/mol. The Bertz CT molecular complexity index is 431. The van der Waals surface area contributed by atoms with Crippen LogP contribution in [0.3, 0.4) is 0 Å². The molecule has 1 amide bonds. The third-order valence-corrected chi connectivity index (χ3v) is 3.27. The molecule has 1 fully saturated rings. The molecule has 0 aromatic heterocycles. The molecule has 104 valence electrons. The Balaban J connectivity index is 1.78. The van der Waals surface area contributed by atoms with Gasteiger partial charge in [0.2, 0.25) is 5.91 Å². The van der Waals surface area contributed by atoms with Crippen LogP contribution in [0.15, 0.2) is 24.3 Å². The zero-order valence-electron chi connectivity index (χ0n) is 10.7. The average Bonchev–Trinajstić information content (AvgIpc) is 2.93. The van der Waals surface area contributed by atoms with Gasteiger partial charge in [0.25, 0.3) is 6.43 Å². The summed E-state index contributed by atoms with van der Waals surface area (Å²) in [6.07, 6.45) is -0.309. The zero-order valence-corrected chi connectivity index (χ0v) is 10.7. The number of rotatable bonds is 5. The van der Waals surface area contributed by atoms with E-state index in [1.165, 1.54) is 12.1 Å². The van der Waals surface area contributed by atoms with Crippen LogP contribution in [0.4, 0.5) is 8.78 Å². The molecule has 1 heterocycles. The lowest BCUT2D eigenvalue weighted by atomic mass is 10.1. The standard InChI is InChI=1S/C14H18F2N2O/c15-14(16)12-5-3-4-11(8-12)9-17-10-13(19)18-6-1-2-7-18/h3-5,8,14,17H,1-2,6-7,9-10H2. The number of carbonyl (C=O) groups is 1. The third-order valence-electron chi connectivity index (χ3n) is 3.27. The fourth-order valence-corrected chi connectivity index (χ4v) is 2.23. The van der Waals surface area contributed by atoms with E-state index in [-0.39, 0.29) is 18.0 Å². The molecule has 0 atom stereocenters. The van der Waals surface area contributed by atoms with E-state index in [0.29, 0.717) is 6.54 Å². The lowest BCUT2D eigenvalue weighted by molar-refractivity contribution is -0.129. The number of amides is 1. The van der Waals surface area contributed by atoms with Crippen LogP contribution in [-0.2, 0) is 11.3 Å². The quantitative estimate of drug-likeness (QED) is 0.889. The molecule has 0 unspecified atom stereocenters. The molecule has 19 heavy (non-hydrogen) atoms. The van der Waals surface area contributed by atoms with Crippen molar-refractivity contribution >= 4 is 5.91 Å². The van der Waals surface area contributed by atoms with E-state index < -0.39 is 6.43 Å². The molecular weight excluding hydrogens is 250 g/mol. The first-order valence-corrected chi connectivity index (χ1v) is 6.52. The van der Waals surface area contributed by atoms with Crippen molar-refractivity contribution in [2.24, 2.45) is 0 Å². The summed E-state index contributed by atoms with van der Waals surface area (Å²) < 4.78 is 25.0. The first kappa shape index (κ1) is 13.9. The van der Waals surface area contributed by atoms with Crippen molar-refractivity contribution in [3.05, 3.63) is 35.4 Å². The maximum atomic E-state index is 12.5. The number of alkyl halides is 2. The molecule has 1 aromatic carbocycles. The largest absolute Gasteiger partial charge is 0.342 e. The van der Waals surface area contributed by atoms with Gasteiger partial charge >= 0.3 is 0 Å². The van der Waals surface area contributed by atoms with Crippen LogP contribution in [-0.4, -0.2) is 30.4 Å². The number of benzene rings is 1. The van der Waals surface area contributed by atoms with E-state index in [0.717, 1.165) is 31.5 Å². The Morgan fingerprint density at radius 3 is 2.74 bits per heavy atom. The maximum Gasteiger partial charge on any atom is 0.263 e. The highest BCUT2D eigenvalue weighted by atomic mass is 19.3. The number of halogens is 2. The molecule has 0 aliphatic carbocycles. The second-order valence-corrected chi connectivity index (χ2v) is 4.74. The second kappa shape index (κ2) is 6.61. The summed E-state index contributed by atoms with van der Waals surface area (Å²) >= 11 is 0. The Hall–Kier alpha value is -1.49. The topological polar surface area (TPSA) is 32.3 Å². The number of nitrogens with zero attached hydrogens (tertiary/aromatic N) is 1. The second-order valence-electron chi connectivity index (χ2n) is 4.74. The van der Waals surface area contributed by atoms with Crippen LogP contribution in [0, 0.1) is 0 Å². The number of likely N-dealkylation sites (tertiary alicyclic amines) is 1. The van der Waals surface area contributed by atoms with Crippen molar-refractivity contribution in [1.29, 1.82) is 0 Å². The highest BCUT2D eigenvalue weighted by Gasteiger charge is 2.16. The van der Waals surface area contributed by atoms with E-state index in [2.05, 4.69) is 5.32 Å². The molecule has 1 aliphatic rings. The van der Waals surface area contributed by atoms with Gasteiger partial charge in [-0.05, 0) is 24.5 Å². The van der Waals surface area contributed by atoms with Gasteiger partial charge in [-0.3, -0.25) is 4.79 Å². The smallest absolute Gasteiger partial charge is 0.263 e. The fourth-order valence-electron chi connectivity index (χ4n) is 2.23. The summed E-state index contributed by atoms with van der Waals surface area (Å²) in [6, 6.07) is 6.27. The van der Waals surface area contributed by atoms with Crippen molar-refractivity contribution < 1.29 is 13.6 Å². The third kappa shape index (κ3) is 3.99. The SMILES string of the molecule is O=C(CNCc1cccc(C(F)F)c1)N1CCCC1. The van der Waals surface area contributed by atoms with Crippen molar-refractivity contribution in [2.45, 2.75) is 25.8 Å². The van der Waals surface area contributed by atoms with Gasteiger partial charge in [-0.1, -0.05) is 18.2 Å². The highest BCUT2D eigenvalue weighted by Crippen LogP contribution is 2.19.